The standard InChI is InChI=1S/C14H16N2OS/c1-9-4-6-12(7-5-9)8-15-14-13(11(3)17)10(2)16-18-14/h4-7,15H,8H2,1-3H3. The summed E-state index contributed by atoms with van der Waals surface area (Å²) in [5.41, 5.74) is 3.96. The molecule has 0 fully saturated rings. The average molecular weight is 260 g/mol. The van der Waals surface area contributed by atoms with Gasteiger partial charge in [0.1, 0.15) is 5.00 Å². The summed E-state index contributed by atoms with van der Waals surface area (Å²) in [4.78, 5) is 11.5. The van der Waals surface area contributed by atoms with Crippen LogP contribution in [0, 0.1) is 13.8 Å². The first-order valence-electron chi connectivity index (χ1n) is 5.84. The van der Waals surface area contributed by atoms with E-state index in [1.54, 1.807) is 6.92 Å². The van der Waals surface area contributed by atoms with Crippen LogP contribution in [0.5, 0.6) is 0 Å². The van der Waals surface area contributed by atoms with Crippen molar-refractivity contribution in [2.24, 2.45) is 0 Å². The van der Waals surface area contributed by atoms with Crippen LogP contribution in [0.15, 0.2) is 24.3 Å². The molecule has 0 bridgehead atoms. The molecule has 0 saturated carbocycles. The third kappa shape index (κ3) is 2.76. The van der Waals surface area contributed by atoms with Gasteiger partial charge in [-0.2, -0.15) is 4.37 Å². The largest absolute Gasteiger partial charge is 0.371 e. The molecule has 0 atom stereocenters. The van der Waals surface area contributed by atoms with Crippen LogP contribution in [0.3, 0.4) is 0 Å². The smallest absolute Gasteiger partial charge is 0.164 e. The molecule has 0 aliphatic carbocycles. The molecule has 0 saturated heterocycles. The van der Waals surface area contributed by atoms with E-state index in [9.17, 15) is 4.79 Å². The van der Waals surface area contributed by atoms with Crippen molar-refractivity contribution in [3.63, 3.8) is 0 Å². The van der Waals surface area contributed by atoms with Crippen LogP contribution in [0.1, 0.15) is 34.1 Å². The minimum Gasteiger partial charge on any atom is -0.371 e. The zero-order chi connectivity index (χ0) is 13.1. The number of benzene rings is 1. The lowest BCUT2D eigenvalue weighted by molar-refractivity contribution is 0.101. The fourth-order valence-electron chi connectivity index (χ4n) is 1.79. The van der Waals surface area contributed by atoms with Crippen LogP contribution in [-0.2, 0) is 6.54 Å². The molecule has 0 spiro atoms. The summed E-state index contributed by atoms with van der Waals surface area (Å²) in [5.74, 6) is 0.0626. The summed E-state index contributed by atoms with van der Waals surface area (Å²) >= 11 is 1.34. The van der Waals surface area contributed by atoms with Gasteiger partial charge < -0.3 is 5.32 Å². The molecule has 1 N–H and O–H groups in total. The lowest BCUT2D eigenvalue weighted by Gasteiger charge is -2.06. The van der Waals surface area contributed by atoms with Crippen molar-refractivity contribution in [1.29, 1.82) is 0 Å². The zero-order valence-electron chi connectivity index (χ0n) is 10.8. The summed E-state index contributed by atoms with van der Waals surface area (Å²) < 4.78 is 4.22. The monoisotopic (exact) mass is 260 g/mol. The van der Waals surface area contributed by atoms with Crippen LogP contribution >= 0.6 is 11.5 Å². The molecule has 3 nitrogen and oxygen atoms in total. The molecular formula is C14H16N2OS. The molecule has 94 valence electrons. The zero-order valence-corrected chi connectivity index (χ0v) is 11.6. The molecule has 0 amide bonds. The first-order valence-corrected chi connectivity index (χ1v) is 6.62. The highest BCUT2D eigenvalue weighted by atomic mass is 32.1. The summed E-state index contributed by atoms with van der Waals surface area (Å²) in [7, 11) is 0. The fraction of sp³-hybridized carbons (Fsp3) is 0.286. The second-order valence-electron chi connectivity index (χ2n) is 4.37. The maximum atomic E-state index is 11.5. The van der Waals surface area contributed by atoms with Crippen molar-refractivity contribution >= 4 is 22.3 Å². The number of Topliss-reactive ketones (excluding diaryl/α,β-unsaturated/α-hetero) is 1. The van der Waals surface area contributed by atoms with Gasteiger partial charge in [-0.1, -0.05) is 29.8 Å². The second kappa shape index (κ2) is 5.31. The van der Waals surface area contributed by atoms with E-state index in [2.05, 4.69) is 40.9 Å². The van der Waals surface area contributed by atoms with Gasteiger partial charge in [0.05, 0.1) is 11.3 Å². The van der Waals surface area contributed by atoms with E-state index in [-0.39, 0.29) is 5.78 Å². The van der Waals surface area contributed by atoms with Gasteiger partial charge >= 0.3 is 0 Å². The van der Waals surface area contributed by atoms with Crippen LogP contribution in [0.25, 0.3) is 0 Å². The number of hydrogen-bond donors (Lipinski definition) is 1. The van der Waals surface area contributed by atoms with E-state index >= 15 is 0 Å². The average Bonchev–Trinajstić information content (AvgIpc) is 2.70. The number of carbonyl (C=O) groups excluding carboxylic acids is 1. The number of ketones is 1. The minimum absolute atomic E-state index is 0.0626. The number of hydrogen-bond acceptors (Lipinski definition) is 4. The summed E-state index contributed by atoms with van der Waals surface area (Å²) in [6, 6.07) is 8.34. The SMILES string of the molecule is CC(=O)c1c(C)nsc1NCc1ccc(C)cc1. The molecule has 1 heterocycles. The molecule has 0 radical (unpaired) electrons. The molecule has 1 aromatic heterocycles. The first-order chi connectivity index (χ1) is 8.58. The number of nitrogens with one attached hydrogen (secondary N) is 1. The molecule has 1 aromatic carbocycles. The highest BCUT2D eigenvalue weighted by Crippen LogP contribution is 2.25. The lowest BCUT2D eigenvalue weighted by atomic mass is 10.1. The predicted molar refractivity (Wildman–Crippen MR) is 75.4 cm³/mol. The molecular weight excluding hydrogens is 244 g/mol. The third-order valence-corrected chi connectivity index (χ3v) is 3.68. The minimum atomic E-state index is 0.0626. The van der Waals surface area contributed by atoms with Gasteiger partial charge in [0, 0.05) is 6.54 Å². The number of rotatable bonds is 4. The number of anilines is 1. The Kier molecular flexibility index (Phi) is 3.77. The van der Waals surface area contributed by atoms with Crippen molar-refractivity contribution in [3.8, 4) is 0 Å². The van der Waals surface area contributed by atoms with E-state index in [1.165, 1.54) is 22.7 Å². The third-order valence-electron chi connectivity index (χ3n) is 2.79. The Labute approximate surface area is 111 Å². The number of nitrogens with zero attached hydrogens (tertiary/aromatic N) is 1. The molecule has 2 aromatic rings. The Morgan fingerprint density at radius 2 is 1.94 bits per heavy atom. The Balaban J connectivity index is 2.11. The molecule has 0 aliphatic heterocycles. The van der Waals surface area contributed by atoms with Crippen LogP contribution < -0.4 is 5.32 Å². The summed E-state index contributed by atoms with van der Waals surface area (Å²) in [5, 5.41) is 4.15. The van der Waals surface area contributed by atoms with Gasteiger partial charge in [-0.25, -0.2) is 0 Å². The van der Waals surface area contributed by atoms with Crippen LogP contribution in [0.2, 0.25) is 0 Å². The predicted octanol–water partition coefficient (Wildman–Crippen LogP) is 3.57. The second-order valence-corrected chi connectivity index (χ2v) is 5.14. The Morgan fingerprint density at radius 3 is 2.56 bits per heavy atom. The quantitative estimate of drug-likeness (QED) is 0.854. The van der Waals surface area contributed by atoms with Gasteiger partial charge in [-0.3, -0.25) is 4.79 Å². The van der Waals surface area contributed by atoms with Crippen LogP contribution in [0.4, 0.5) is 5.00 Å². The number of aryl methyl sites for hydroxylation is 2. The van der Waals surface area contributed by atoms with Crippen molar-refractivity contribution in [1.82, 2.24) is 4.37 Å². The Bertz CT molecular complexity index is 558. The van der Waals surface area contributed by atoms with Crippen molar-refractivity contribution in [3.05, 3.63) is 46.6 Å². The van der Waals surface area contributed by atoms with Gasteiger partial charge in [-0.15, -0.1) is 0 Å². The van der Waals surface area contributed by atoms with Gasteiger partial charge in [0.2, 0.25) is 0 Å². The maximum Gasteiger partial charge on any atom is 0.164 e. The first kappa shape index (κ1) is 12.8. The highest BCUT2D eigenvalue weighted by Gasteiger charge is 2.14. The van der Waals surface area contributed by atoms with E-state index in [1.807, 2.05) is 6.92 Å². The normalized spacial score (nSPS) is 10.4. The van der Waals surface area contributed by atoms with Crippen LogP contribution in [-0.4, -0.2) is 10.2 Å². The lowest BCUT2D eigenvalue weighted by Crippen LogP contribution is -2.03. The summed E-state index contributed by atoms with van der Waals surface area (Å²) in [6.45, 7) is 6.22. The molecule has 4 heteroatoms. The maximum absolute atomic E-state index is 11.5. The molecule has 0 aliphatic rings. The van der Waals surface area contributed by atoms with E-state index in [4.69, 9.17) is 0 Å². The number of carbonyl (C=O) groups is 1. The van der Waals surface area contributed by atoms with E-state index in [0.717, 1.165) is 10.7 Å². The number of aromatic nitrogens is 1. The van der Waals surface area contributed by atoms with Gasteiger partial charge in [-0.05, 0) is 37.9 Å². The van der Waals surface area contributed by atoms with Crippen molar-refractivity contribution in [2.75, 3.05) is 5.32 Å². The topological polar surface area (TPSA) is 42.0 Å². The van der Waals surface area contributed by atoms with E-state index < -0.39 is 0 Å². The molecule has 2 rings (SSSR count). The fourth-order valence-corrected chi connectivity index (χ4v) is 2.63. The van der Waals surface area contributed by atoms with Gasteiger partial charge in [0.25, 0.3) is 0 Å². The molecule has 0 unspecified atom stereocenters. The highest BCUT2D eigenvalue weighted by molar-refractivity contribution is 7.10. The van der Waals surface area contributed by atoms with Crippen molar-refractivity contribution < 1.29 is 4.79 Å². The van der Waals surface area contributed by atoms with Crippen molar-refractivity contribution in [2.45, 2.75) is 27.3 Å². The summed E-state index contributed by atoms with van der Waals surface area (Å²) in [6.07, 6.45) is 0. The molecule has 18 heavy (non-hydrogen) atoms. The Hall–Kier alpha value is -1.68. The Morgan fingerprint density at radius 1 is 1.28 bits per heavy atom. The van der Waals surface area contributed by atoms with Gasteiger partial charge in [0.15, 0.2) is 5.78 Å². The van der Waals surface area contributed by atoms with E-state index in [0.29, 0.717) is 12.1 Å².